The van der Waals surface area contributed by atoms with Crippen LogP contribution in [0, 0.1) is 11.6 Å². The standard InChI is InChI=1S/C30H27F2N5O4S/c1-35(2)13-22-26-28(38)37(19-10-11-25(34-12-19)41-20-15-40-16-20)30(39)36(14-21-23(31)4-3-5-24(21)32)29(26)42-27(22)17-6-8-18(33)9-7-17/h3-12,20H,13-16,33H2,1-2H3. The number of aromatic nitrogens is 3. The van der Waals surface area contributed by atoms with Gasteiger partial charge in [-0.1, -0.05) is 18.2 Å². The molecule has 0 unspecified atom stereocenters. The second kappa shape index (κ2) is 11.1. The molecule has 3 aromatic heterocycles. The lowest BCUT2D eigenvalue weighted by molar-refractivity contribution is -0.0813. The molecule has 12 heteroatoms. The Kier molecular flexibility index (Phi) is 7.35. The molecule has 216 valence electrons. The SMILES string of the molecule is CN(C)Cc1c(-c2ccc(N)cc2)sc2c1c(=O)n(-c1ccc(OC3COC3)nc1)c(=O)n2Cc1c(F)cccc1F. The van der Waals surface area contributed by atoms with Crippen molar-refractivity contribution in [3.05, 3.63) is 104 Å². The van der Waals surface area contributed by atoms with Crippen LogP contribution in [-0.2, 0) is 17.8 Å². The van der Waals surface area contributed by atoms with Crippen LogP contribution in [0.4, 0.5) is 14.5 Å². The largest absolute Gasteiger partial charge is 0.469 e. The number of nitrogens with zero attached hydrogens (tertiary/aromatic N) is 4. The fourth-order valence-corrected chi connectivity index (χ4v) is 6.14. The molecule has 9 nitrogen and oxygen atoms in total. The number of hydrogen-bond donors (Lipinski definition) is 1. The lowest BCUT2D eigenvalue weighted by Crippen LogP contribution is -2.39. The third-order valence-electron chi connectivity index (χ3n) is 6.97. The maximum absolute atomic E-state index is 14.8. The summed E-state index contributed by atoms with van der Waals surface area (Å²) in [6.45, 7) is 0.864. The number of hydrogen-bond acceptors (Lipinski definition) is 8. The highest BCUT2D eigenvalue weighted by Crippen LogP contribution is 2.38. The van der Waals surface area contributed by atoms with Gasteiger partial charge in [-0.25, -0.2) is 23.1 Å². The number of anilines is 1. The zero-order chi connectivity index (χ0) is 29.5. The smallest absolute Gasteiger partial charge is 0.337 e. The van der Waals surface area contributed by atoms with Crippen molar-refractivity contribution in [3.8, 4) is 22.0 Å². The van der Waals surface area contributed by atoms with Gasteiger partial charge in [-0.3, -0.25) is 9.36 Å². The first kappa shape index (κ1) is 27.8. The summed E-state index contributed by atoms with van der Waals surface area (Å²) in [5, 5.41) is 0.281. The monoisotopic (exact) mass is 591 g/mol. The average molecular weight is 592 g/mol. The number of nitrogen functional groups attached to an aromatic ring is 1. The molecule has 1 aliphatic rings. The van der Waals surface area contributed by atoms with Crippen LogP contribution in [0.5, 0.6) is 5.88 Å². The molecule has 5 aromatic rings. The van der Waals surface area contributed by atoms with E-state index in [-0.39, 0.29) is 22.7 Å². The minimum absolute atomic E-state index is 0.110. The van der Waals surface area contributed by atoms with Gasteiger partial charge in [-0.15, -0.1) is 11.3 Å². The second-order valence-electron chi connectivity index (χ2n) is 10.3. The van der Waals surface area contributed by atoms with Crippen LogP contribution in [0.1, 0.15) is 11.1 Å². The number of halogens is 2. The first-order chi connectivity index (χ1) is 20.2. The van der Waals surface area contributed by atoms with E-state index in [1.165, 1.54) is 28.2 Å². The maximum atomic E-state index is 14.8. The Morgan fingerprint density at radius 2 is 1.76 bits per heavy atom. The third-order valence-corrected chi connectivity index (χ3v) is 8.28. The van der Waals surface area contributed by atoms with Crippen LogP contribution in [0.15, 0.2) is 70.4 Å². The molecule has 1 fully saturated rings. The second-order valence-corrected chi connectivity index (χ2v) is 11.3. The molecule has 0 aliphatic carbocycles. The Bertz CT molecular complexity index is 1880. The number of benzene rings is 2. The Balaban J connectivity index is 1.62. The predicted molar refractivity (Wildman–Crippen MR) is 157 cm³/mol. The van der Waals surface area contributed by atoms with Crippen LogP contribution < -0.4 is 21.7 Å². The molecular weight excluding hydrogens is 564 g/mol. The highest BCUT2D eigenvalue weighted by atomic mass is 32.1. The number of thiophene rings is 1. The van der Waals surface area contributed by atoms with Crippen LogP contribution in [0.25, 0.3) is 26.3 Å². The van der Waals surface area contributed by atoms with Crippen molar-refractivity contribution in [3.63, 3.8) is 0 Å². The first-order valence-corrected chi connectivity index (χ1v) is 14.0. The molecule has 1 aliphatic heterocycles. The first-order valence-electron chi connectivity index (χ1n) is 13.2. The fourth-order valence-electron chi connectivity index (χ4n) is 4.84. The Morgan fingerprint density at radius 3 is 2.36 bits per heavy atom. The van der Waals surface area contributed by atoms with E-state index in [2.05, 4.69) is 4.98 Å². The molecule has 1 saturated heterocycles. The van der Waals surface area contributed by atoms with Crippen molar-refractivity contribution in [2.24, 2.45) is 0 Å². The highest BCUT2D eigenvalue weighted by molar-refractivity contribution is 7.22. The summed E-state index contributed by atoms with van der Waals surface area (Å²) in [7, 11) is 3.74. The number of ether oxygens (including phenoxy) is 2. The molecule has 0 amide bonds. The lowest BCUT2D eigenvalue weighted by atomic mass is 10.1. The Morgan fingerprint density at radius 1 is 1.05 bits per heavy atom. The lowest BCUT2D eigenvalue weighted by Gasteiger charge is -2.26. The summed E-state index contributed by atoms with van der Waals surface area (Å²) in [5.74, 6) is -1.26. The fraction of sp³-hybridized carbons (Fsp3) is 0.233. The topological polar surface area (TPSA) is 105 Å². The maximum Gasteiger partial charge on any atom is 0.337 e. The number of fused-ring (bicyclic) bond motifs is 1. The zero-order valence-corrected chi connectivity index (χ0v) is 23.7. The predicted octanol–water partition coefficient (Wildman–Crippen LogP) is 4.02. The molecule has 0 bridgehead atoms. The summed E-state index contributed by atoms with van der Waals surface area (Å²) in [6.07, 6.45) is 1.26. The van der Waals surface area contributed by atoms with Gasteiger partial charge in [0.1, 0.15) is 22.6 Å². The minimum atomic E-state index is -0.792. The van der Waals surface area contributed by atoms with Gasteiger partial charge < -0.3 is 20.1 Å². The van der Waals surface area contributed by atoms with Gasteiger partial charge in [-0.05, 0) is 55.6 Å². The van der Waals surface area contributed by atoms with E-state index in [9.17, 15) is 18.4 Å². The van der Waals surface area contributed by atoms with Crippen molar-refractivity contribution < 1.29 is 18.3 Å². The van der Waals surface area contributed by atoms with Crippen molar-refractivity contribution in [2.75, 3.05) is 33.0 Å². The van der Waals surface area contributed by atoms with Gasteiger partial charge in [0.2, 0.25) is 5.88 Å². The summed E-state index contributed by atoms with van der Waals surface area (Å²) in [4.78, 5) is 35.5. The quantitative estimate of drug-likeness (QED) is 0.272. The van der Waals surface area contributed by atoms with Crippen molar-refractivity contribution in [2.45, 2.75) is 19.2 Å². The molecular formula is C30H27F2N5O4S. The number of rotatable bonds is 8. The third kappa shape index (κ3) is 5.08. The zero-order valence-electron chi connectivity index (χ0n) is 22.8. The van der Waals surface area contributed by atoms with Crippen LogP contribution in [-0.4, -0.2) is 52.4 Å². The van der Waals surface area contributed by atoms with E-state index in [4.69, 9.17) is 15.2 Å². The van der Waals surface area contributed by atoms with Gasteiger partial charge >= 0.3 is 5.69 Å². The Hall–Kier alpha value is -4.39. The van der Waals surface area contributed by atoms with Crippen molar-refractivity contribution >= 4 is 27.2 Å². The van der Waals surface area contributed by atoms with E-state index < -0.39 is 29.4 Å². The van der Waals surface area contributed by atoms with E-state index in [1.54, 1.807) is 24.3 Å². The molecule has 0 saturated carbocycles. The normalized spacial score (nSPS) is 13.5. The molecule has 6 rings (SSSR count). The summed E-state index contributed by atoms with van der Waals surface area (Å²) < 4.78 is 42.8. The van der Waals surface area contributed by atoms with E-state index in [0.29, 0.717) is 41.7 Å². The summed E-state index contributed by atoms with van der Waals surface area (Å²) >= 11 is 1.22. The van der Waals surface area contributed by atoms with Gasteiger partial charge in [0.15, 0.2) is 0 Å². The molecule has 0 radical (unpaired) electrons. The van der Waals surface area contributed by atoms with Crippen LogP contribution in [0.3, 0.4) is 0 Å². The molecule has 2 N–H and O–H groups in total. The van der Waals surface area contributed by atoms with E-state index in [0.717, 1.165) is 27.1 Å². The average Bonchev–Trinajstić information content (AvgIpc) is 3.30. The van der Waals surface area contributed by atoms with Crippen molar-refractivity contribution in [1.82, 2.24) is 19.0 Å². The molecule has 4 heterocycles. The van der Waals surface area contributed by atoms with E-state index >= 15 is 0 Å². The van der Waals surface area contributed by atoms with E-state index in [1.807, 2.05) is 31.1 Å². The molecule has 0 atom stereocenters. The molecule has 42 heavy (non-hydrogen) atoms. The summed E-state index contributed by atoms with van der Waals surface area (Å²) in [5.41, 5.74) is 6.58. The van der Waals surface area contributed by atoms with Gasteiger partial charge in [0.25, 0.3) is 5.56 Å². The highest BCUT2D eigenvalue weighted by Gasteiger charge is 2.26. The minimum Gasteiger partial charge on any atom is -0.469 e. The number of pyridine rings is 1. The Labute approximate surface area is 243 Å². The van der Waals surface area contributed by atoms with Crippen molar-refractivity contribution in [1.29, 1.82) is 0 Å². The van der Waals surface area contributed by atoms with Gasteiger partial charge in [-0.2, -0.15) is 0 Å². The molecule has 0 spiro atoms. The van der Waals surface area contributed by atoms with Gasteiger partial charge in [0, 0.05) is 28.7 Å². The molecule has 2 aromatic carbocycles. The van der Waals surface area contributed by atoms with Crippen LogP contribution in [0.2, 0.25) is 0 Å². The summed E-state index contributed by atoms with van der Waals surface area (Å²) in [6, 6.07) is 13.9. The van der Waals surface area contributed by atoms with Gasteiger partial charge in [0.05, 0.1) is 37.0 Å². The van der Waals surface area contributed by atoms with Crippen LogP contribution >= 0.6 is 11.3 Å². The number of nitrogens with two attached hydrogens (primary N) is 1.